The molecule has 1 aliphatic heterocycles. The maximum atomic E-state index is 11.8. The molecule has 0 aliphatic carbocycles. The number of amides is 1. The lowest BCUT2D eigenvalue weighted by atomic mass is 10.2. The zero-order chi connectivity index (χ0) is 15.0. The van der Waals surface area contributed by atoms with Crippen molar-refractivity contribution in [2.75, 3.05) is 39.3 Å². The minimum atomic E-state index is -0.751. The van der Waals surface area contributed by atoms with Gasteiger partial charge in [-0.1, -0.05) is 6.92 Å². The molecule has 0 aromatic heterocycles. The zero-order valence-corrected chi connectivity index (χ0v) is 12.6. The van der Waals surface area contributed by atoms with Crippen molar-refractivity contribution in [3.8, 4) is 0 Å². The van der Waals surface area contributed by atoms with Crippen molar-refractivity contribution in [1.29, 1.82) is 0 Å². The molecule has 1 heterocycles. The van der Waals surface area contributed by atoms with Gasteiger partial charge in [0.1, 0.15) is 0 Å². The lowest BCUT2D eigenvalue weighted by Crippen LogP contribution is -2.42. The molecular formula is C14H27N3O3. The fourth-order valence-electron chi connectivity index (χ4n) is 2.29. The van der Waals surface area contributed by atoms with Gasteiger partial charge in [0.15, 0.2) is 0 Å². The molecule has 6 heteroatoms. The molecule has 0 spiro atoms. The van der Waals surface area contributed by atoms with Gasteiger partial charge in [-0.2, -0.15) is 0 Å². The molecular weight excluding hydrogens is 258 g/mol. The first kappa shape index (κ1) is 16.9. The normalized spacial score (nSPS) is 19.3. The van der Waals surface area contributed by atoms with Crippen molar-refractivity contribution in [2.24, 2.45) is 0 Å². The Bertz CT molecular complexity index is 323. The molecule has 1 saturated heterocycles. The van der Waals surface area contributed by atoms with Crippen molar-refractivity contribution in [3.05, 3.63) is 0 Å². The summed E-state index contributed by atoms with van der Waals surface area (Å²) in [5.74, 6) is -0.669. The van der Waals surface area contributed by atoms with Crippen LogP contribution in [0.5, 0.6) is 0 Å². The molecule has 1 rings (SSSR count). The highest BCUT2D eigenvalue weighted by atomic mass is 16.4. The first-order chi connectivity index (χ1) is 9.51. The summed E-state index contributed by atoms with van der Waals surface area (Å²) in [6, 6.07) is 0.224. The van der Waals surface area contributed by atoms with Gasteiger partial charge in [-0.05, 0) is 32.9 Å². The molecule has 6 nitrogen and oxygen atoms in total. The van der Waals surface area contributed by atoms with Crippen LogP contribution >= 0.6 is 0 Å². The average molecular weight is 285 g/mol. The summed E-state index contributed by atoms with van der Waals surface area (Å²) in [5, 5.41) is 11.7. The third-order valence-electron chi connectivity index (χ3n) is 3.71. The van der Waals surface area contributed by atoms with Crippen LogP contribution in [-0.2, 0) is 9.59 Å². The van der Waals surface area contributed by atoms with Crippen LogP contribution in [-0.4, -0.2) is 72.1 Å². The summed E-state index contributed by atoms with van der Waals surface area (Å²) in [7, 11) is 0. The number of carboxylic acids is 1. The Morgan fingerprint density at radius 2 is 1.85 bits per heavy atom. The quantitative estimate of drug-likeness (QED) is 0.707. The van der Waals surface area contributed by atoms with Crippen molar-refractivity contribution in [1.82, 2.24) is 15.1 Å². The number of carbonyl (C=O) groups excluding carboxylic acids is 1. The molecule has 1 amide bonds. The van der Waals surface area contributed by atoms with Crippen molar-refractivity contribution < 1.29 is 14.7 Å². The van der Waals surface area contributed by atoms with Gasteiger partial charge < -0.3 is 15.3 Å². The van der Waals surface area contributed by atoms with Gasteiger partial charge in [-0.25, -0.2) is 0 Å². The fraction of sp³-hybridized carbons (Fsp3) is 0.857. The van der Waals surface area contributed by atoms with Crippen LogP contribution in [0.2, 0.25) is 0 Å². The summed E-state index contributed by atoms with van der Waals surface area (Å²) in [6.07, 6.45) is 2.11. The second-order valence-corrected chi connectivity index (χ2v) is 5.49. The van der Waals surface area contributed by atoms with Gasteiger partial charge >= 0.3 is 5.97 Å². The van der Waals surface area contributed by atoms with Crippen molar-refractivity contribution in [2.45, 2.75) is 39.2 Å². The van der Waals surface area contributed by atoms with Crippen LogP contribution in [0.3, 0.4) is 0 Å². The summed E-state index contributed by atoms with van der Waals surface area (Å²) < 4.78 is 0. The first-order valence-electron chi connectivity index (χ1n) is 7.47. The average Bonchev–Trinajstić information content (AvgIpc) is 2.61. The lowest BCUT2D eigenvalue weighted by molar-refractivity contribution is -0.137. The van der Waals surface area contributed by atoms with Gasteiger partial charge in [-0.3, -0.25) is 14.5 Å². The van der Waals surface area contributed by atoms with Gasteiger partial charge in [-0.15, -0.1) is 0 Å². The van der Waals surface area contributed by atoms with E-state index in [0.717, 1.165) is 39.0 Å². The predicted molar refractivity (Wildman–Crippen MR) is 77.6 cm³/mol. The minimum absolute atomic E-state index is 0.0818. The molecule has 0 bridgehead atoms. The Labute approximate surface area is 121 Å². The molecule has 20 heavy (non-hydrogen) atoms. The standard InChI is InChI=1S/C14H27N3O3/c1-3-12(2)15-13(18)11-17-7-4-6-16(9-10-17)8-5-14(19)20/h12H,3-11H2,1-2H3,(H,15,18)(H,19,20). The Kier molecular flexibility index (Phi) is 7.54. The third kappa shape index (κ3) is 6.86. The molecule has 0 aromatic carbocycles. The van der Waals surface area contributed by atoms with E-state index in [1.165, 1.54) is 0 Å². The molecule has 0 radical (unpaired) electrons. The number of hydrogen-bond acceptors (Lipinski definition) is 4. The van der Waals surface area contributed by atoms with E-state index in [1.807, 2.05) is 6.92 Å². The summed E-state index contributed by atoms with van der Waals surface area (Å²) in [6.45, 7) is 8.58. The molecule has 1 fully saturated rings. The Morgan fingerprint density at radius 3 is 2.50 bits per heavy atom. The summed E-state index contributed by atoms with van der Waals surface area (Å²) in [5.41, 5.74) is 0. The summed E-state index contributed by atoms with van der Waals surface area (Å²) in [4.78, 5) is 26.7. The number of hydrogen-bond donors (Lipinski definition) is 2. The van der Waals surface area contributed by atoms with Gasteiger partial charge in [0.25, 0.3) is 0 Å². The van der Waals surface area contributed by atoms with E-state index in [-0.39, 0.29) is 18.4 Å². The highest BCUT2D eigenvalue weighted by molar-refractivity contribution is 5.78. The van der Waals surface area contributed by atoms with E-state index in [0.29, 0.717) is 13.1 Å². The molecule has 2 N–H and O–H groups in total. The topological polar surface area (TPSA) is 72.9 Å². The van der Waals surface area contributed by atoms with Crippen molar-refractivity contribution >= 4 is 11.9 Å². The second kappa shape index (κ2) is 8.92. The maximum absolute atomic E-state index is 11.8. The van der Waals surface area contributed by atoms with Crippen LogP contribution in [0.4, 0.5) is 0 Å². The SMILES string of the molecule is CCC(C)NC(=O)CN1CCCN(CCC(=O)O)CC1. The highest BCUT2D eigenvalue weighted by Crippen LogP contribution is 2.04. The Hall–Kier alpha value is -1.14. The molecule has 1 aliphatic rings. The Balaban J connectivity index is 2.29. The van der Waals surface area contributed by atoms with E-state index >= 15 is 0 Å². The molecule has 0 saturated carbocycles. The van der Waals surface area contributed by atoms with Crippen LogP contribution in [0.15, 0.2) is 0 Å². The molecule has 0 aromatic rings. The number of nitrogens with one attached hydrogen (secondary N) is 1. The fourth-order valence-corrected chi connectivity index (χ4v) is 2.29. The largest absolute Gasteiger partial charge is 0.481 e. The predicted octanol–water partition coefficient (Wildman–Crippen LogP) is 0.384. The van der Waals surface area contributed by atoms with Gasteiger partial charge in [0.2, 0.25) is 5.91 Å². The highest BCUT2D eigenvalue weighted by Gasteiger charge is 2.17. The lowest BCUT2D eigenvalue weighted by Gasteiger charge is -2.21. The smallest absolute Gasteiger partial charge is 0.304 e. The van der Waals surface area contributed by atoms with E-state index in [1.54, 1.807) is 0 Å². The zero-order valence-electron chi connectivity index (χ0n) is 12.6. The van der Waals surface area contributed by atoms with Gasteiger partial charge in [0.05, 0.1) is 13.0 Å². The van der Waals surface area contributed by atoms with Crippen LogP contribution in [0, 0.1) is 0 Å². The molecule has 1 atom stereocenters. The molecule has 116 valence electrons. The number of carboxylic acid groups (broad SMARTS) is 1. The van der Waals surface area contributed by atoms with Crippen molar-refractivity contribution in [3.63, 3.8) is 0 Å². The molecule has 1 unspecified atom stereocenters. The third-order valence-corrected chi connectivity index (χ3v) is 3.71. The van der Waals surface area contributed by atoms with Gasteiger partial charge in [0, 0.05) is 25.7 Å². The summed E-state index contributed by atoms with van der Waals surface area (Å²) >= 11 is 0. The van der Waals surface area contributed by atoms with E-state index in [9.17, 15) is 9.59 Å². The van der Waals surface area contributed by atoms with Crippen LogP contribution in [0.25, 0.3) is 0 Å². The van der Waals surface area contributed by atoms with Crippen LogP contribution in [0.1, 0.15) is 33.1 Å². The number of rotatable bonds is 7. The maximum Gasteiger partial charge on any atom is 0.304 e. The van der Waals surface area contributed by atoms with E-state index in [2.05, 4.69) is 22.0 Å². The van der Waals surface area contributed by atoms with Crippen LogP contribution < -0.4 is 5.32 Å². The number of nitrogens with zero attached hydrogens (tertiary/aromatic N) is 2. The monoisotopic (exact) mass is 285 g/mol. The first-order valence-corrected chi connectivity index (χ1v) is 7.47. The second-order valence-electron chi connectivity index (χ2n) is 5.49. The number of aliphatic carboxylic acids is 1. The van der Waals surface area contributed by atoms with E-state index in [4.69, 9.17) is 5.11 Å². The Morgan fingerprint density at radius 1 is 1.20 bits per heavy atom. The number of carbonyl (C=O) groups is 2. The van der Waals surface area contributed by atoms with E-state index < -0.39 is 5.97 Å². The minimum Gasteiger partial charge on any atom is -0.481 e.